The van der Waals surface area contributed by atoms with E-state index in [9.17, 15) is 4.79 Å². The van der Waals surface area contributed by atoms with Gasteiger partial charge in [0.05, 0.1) is 10.7 Å². The topological polar surface area (TPSA) is 90.9 Å². The Kier molecular flexibility index (Phi) is 6.44. The first-order valence-electron chi connectivity index (χ1n) is 7.76. The van der Waals surface area contributed by atoms with Gasteiger partial charge in [0.15, 0.2) is 0 Å². The molecule has 1 amide bonds. The molecule has 0 aliphatic rings. The van der Waals surface area contributed by atoms with E-state index in [1.165, 1.54) is 23.4 Å². The van der Waals surface area contributed by atoms with Gasteiger partial charge >= 0.3 is 0 Å². The molecule has 0 spiro atoms. The summed E-state index contributed by atoms with van der Waals surface area (Å²) in [7, 11) is 0. The van der Waals surface area contributed by atoms with E-state index in [1.54, 1.807) is 12.1 Å². The maximum Gasteiger partial charge on any atom is 0.267 e. The van der Waals surface area contributed by atoms with Crippen LogP contribution in [-0.2, 0) is 11.2 Å². The molecule has 4 N–H and O–H groups in total. The van der Waals surface area contributed by atoms with Crippen molar-refractivity contribution in [2.24, 2.45) is 0 Å². The molecule has 0 fully saturated rings. The highest BCUT2D eigenvalue weighted by Gasteiger charge is 2.10. The van der Waals surface area contributed by atoms with Gasteiger partial charge in [0.25, 0.3) is 5.91 Å². The first kappa shape index (κ1) is 18.4. The zero-order valence-corrected chi connectivity index (χ0v) is 14.6. The summed E-state index contributed by atoms with van der Waals surface area (Å²) in [5, 5.41) is 15.1. The van der Waals surface area contributed by atoms with Gasteiger partial charge in [0.1, 0.15) is 11.6 Å². The lowest BCUT2D eigenvalue weighted by atomic mass is 10.1. The number of halogens is 1. The van der Waals surface area contributed by atoms with Crippen LogP contribution in [0.15, 0.2) is 54.2 Å². The largest absolute Gasteiger partial charge is 0.398 e. The molecule has 0 saturated carbocycles. The predicted molar refractivity (Wildman–Crippen MR) is 101 cm³/mol. The molecule has 0 aromatic heterocycles. The Balaban J connectivity index is 1.92. The number of nitriles is 1. The lowest BCUT2D eigenvalue weighted by Crippen LogP contribution is -2.18. The average molecular weight is 355 g/mol. The number of nitrogens with zero attached hydrogens (tertiary/aromatic N) is 1. The third-order valence-electron chi connectivity index (χ3n) is 3.67. The first-order chi connectivity index (χ1) is 12.0. The summed E-state index contributed by atoms with van der Waals surface area (Å²) in [5.41, 5.74) is 8.95. The first-order valence-corrected chi connectivity index (χ1v) is 8.13. The number of nitrogens with two attached hydrogens (primary N) is 1. The number of nitrogens with one attached hydrogen (secondary N) is 2. The molecule has 0 heterocycles. The van der Waals surface area contributed by atoms with Crippen molar-refractivity contribution >= 4 is 28.9 Å². The van der Waals surface area contributed by atoms with Gasteiger partial charge in [-0.3, -0.25) is 4.79 Å². The quantitative estimate of drug-likeness (QED) is 0.321. The van der Waals surface area contributed by atoms with Crippen molar-refractivity contribution in [1.82, 2.24) is 5.32 Å². The second-order valence-corrected chi connectivity index (χ2v) is 5.90. The number of nitrogen functional groups attached to an aromatic ring is 1. The predicted octanol–water partition coefficient (Wildman–Crippen LogP) is 3.41. The van der Waals surface area contributed by atoms with Crippen molar-refractivity contribution in [2.75, 3.05) is 17.6 Å². The maximum atomic E-state index is 12.1. The monoisotopic (exact) mass is 354 g/mol. The van der Waals surface area contributed by atoms with Crippen molar-refractivity contribution in [3.8, 4) is 6.07 Å². The standard InChI is InChI=1S/C19H19ClN4O/c1-13-4-2-3-5-14(13)8-9-23-12-15(11-21)19(25)24-16-6-7-18(22)17(20)10-16/h2-7,10,12,23H,8-9,22H2,1H3,(H,24,25)/b15-12-. The van der Waals surface area contributed by atoms with Gasteiger partial charge in [-0.15, -0.1) is 0 Å². The van der Waals surface area contributed by atoms with E-state index in [2.05, 4.69) is 29.7 Å². The highest BCUT2D eigenvalue weighted by atomic mass is 35.5. The Morgan fingerprint density at radius 1 is 1.32 bits per heavy atom. The van der Waals surface area contributed by atoms with Crippen LogP contribution in [0.2, 0.25) is 5.02 Å². The fourth-order valence-electron chi connectivity index (χ4n) is 2.22. The number of carbonyl (C=O) groups is 1. The van der Waals surface area contributed by atoms with E-state index >= 15 is 0 Å². The van der Waals surface area contributed by atoms with Gasteiger partial charge < -0.3 is 16.4 Å². The zero-order valence-electron chi connectivity index (χ0n) is 13.8. The molecule has 6 heteroatoms. The number of carbonyl (C=O) groups excluding carboxylic acids is 1. The van der Waals surface area contributed by atoms with Crippen LogP contribution in [0, 0.1) is 18.3 Å². The van der Waals surface area contributed by atoms with Crippen LogP contribution in [-0.4, -0.2) is 12.5 Å². The van der Waals surface area contributed by atoms with Crippen LogP contribution in [0.3, 0.4) is 0 Å². The number of hydrogen-bond donors (Lipinski definition) is 3. The molecule has 0 aliphatic heterocycles. The summed E-state index contributed by atoms with van der Waals surface area (Å²) in [6.07, 6.45) is 2.23. The van der Waals surface area contributed by atoms with E-state index < -0.39 is 5.91 Å². The summed E-state index contributed by atoms with van der Waals surface area (Å²) in [6, 6.07) is 14.7. The second-order valence-electron chi connectivity index (χ2n) is 5.49. The van der Waals surface area contributed by atoms with E-state index in [4.69, 9.17) is 22.6 Å². The Bertz CT molecular complexity index is 840. The van der Waals surface area contributed by atoms with Crippen LogP contribution in [0.1, 0.15) is 11.1 Å². The lowest BCUT2D eigenvalue weighted by molar-refractivity contribution is -0.112. The van der Waals surface area contributed by atoms with Gasteiger partial charge in [0.2, 0.25) is 0 Å². The minimum atomic E-state index is -0.508. The van der Waals surface area contributed by atoms with Crippen molar-refractivity contribution in [3.05, 3.63) is 70.4 Å². The molecule has 25 heavy (non-hydrogen) atoms. The number of hydrogen-bond acceptors (Lipinski definition) is 4. The van der Waals surface area contributed by atoms with Crippen LogP contribution in [0.25, 0.3) is 0 Å². The normalized spacial score (nSPS) is 10.8. The Labute approximate surface area is 152 Å². The molecule has 2 rings (SSSR count). The second kappa shape index (κ2) is 8.76. The molecule has 0 unspecified atom stereocenters. The Morgan fingerprint density at radius 3 is 2.76 bits per heavy atom. The van der Waals surface area contributed by atoms with Crippen LogP contribution in [0.5, 0.6) is 0 Å². The fraction of sp³-hybridized carbons (Fsp3) is 0.158. The van der Waals surface area contributed by atoms with Crippen molar-refractivity contribution in [1.29, 1.82) is 5.26 Å². The number of amides is 1. The van der Waals surface area contributed by atoms with E-state index in [-0.39, 0.29) is 5.57 Å². The van der Waals surface area contributed by atoms with Crippen molar-refractivity contribution in [2.45, 2.75) is 13.3 Å². The number of anilines is 2. The molecule has 2 aromatic rings. The fourth-order valence-corrected chi connectivity index (χ4v) is 2.40. The molecule has 0 aliphatic carbocycles. The van der Waals surface area contributed by atoms with Crippen molar-refractivity contribution < 1.29 is 4.79 Å². The summed E-state index contributed by atoms with van der Waals surface area (Å²) in [6.45, 7) is 2.67. The number of rotatable bonds is 6. The van der Waals surface area contributed by atoms with Gasteiger partial charge in [-0.2, -0.15) is 5.26 Å². The van der Waals surface area contributed by atoms with Gasteiger partial charge in [-0.25, -0.2) is 0 Å². The molecule has 128 valence electrons. The molecule has 0 bridgehead atoms. The zero-order chi connectivity index (χ0) is 18.2. The summed E-state index contributed by atoms with van der Waals surface area (Å²) < 4.78 is 0. The van der Waals surface area contributed by atoms with Gasteiger partial charge in [-0.1, -0.05) is 35.9 Å². The van der Waals surface area contributed by atoms with Crippen LogP contribution in [0.4, 0.5) is 11.4 Å². The molecular formula is C19H19ClN4O. The van der Waals surface area contributed by atoms with E-state index in [0.717, 1.165) is 6.42 Å². The molecule has 2 aromatic carbocycles. The third-order valence-corrected chi connectivity index (χ3v) is 4.00. The Hall–Kier alpha value is -2.97. The average Bonchev–Trinajstić information content (AvgIpc) is 2.59. The van der Waals surface area contributed by atoms with E-state index in [0.29, 0.717) is 22.9 Å². The lowest BCUT2D eigenvalue weighted by Gasteiger charge is -2.07. The molecular weight excluding hydrogens is 336 g/mol. The van der Waals surface area contributed by atoms with E-state index in [1.807, 2.05) is 18.2 Å². The Morgan fingerprint density at radius 2 is 2.08 bits per heavy atom. The molecule has 5 nitrogen and oxygen atoms in total. The van der Waals surface area contributed by atoms with Crippen LogP contribution >= 0.6 is 11.6 Å². The van der Waals surface area contributed by atoms with Crippen molar-refractivity contribution in [3.63, 3.8) is 0 Å². The SMILES string of the molecule is Cc1ccccc1CCN/C=C(/C#N)C(=O)Nc1ccc(N)c(Cl)c1. The van der Waals surface area contributed by atoms with Gasteiger partial charge in [0, 0.05) is 18.4 Å². The summed E-state index contributed by atoms with van der Waals surface area (Å²) in [4.78, 5) is 12.1. The minimum absolute atomic E-state index is 0.0160. The molecule has 0 radical (unpaired) electrons. The number of benzene rings is 2. The maximum absolute atomic E-state index is 12.1. The highest BCUT2D eigenvalue weighted by Crippen LogP contribution is 2.22. The molecule has 0 saturated heterocycles. The third kappa shape index (κ3) is 5.27. The number of aryl methyl sites for hydroxylation is 1. The summed E-state index contributed by atoms with van der Waals surface area (Å²) >= 11 is 5.92. The van der Waals surface area contributed by atoms with Gasteiger partial charge in [-0.05, 0) is 42.7 Å². The summed E-state index contributed by atoms with van der Waals surface area (Å²) in [5.74, 6) is -0.508. The van der Waals surface area contributed by atoms with Crippen LogP contribution < -0.4 is 16.4 Å². The minimum Gasteiger partial charge on any atom is -0.398 e. The highest BCUT2D eigenvalue weighted by molar-refractivity contribution is 6.33. The molecule has 0 atom stereocenters. The smallest absolute Gasteiger partial charge is 0.267 e.